The van der Waals surface area contributed by atoms with E-state index in [1.165, 1.54) is 7.11 Å². The number of esters is 1. The van der Waals surface area contributed by atoms with Gasteiger partial charge in [0.25, 0.3) is 0 Å². The van der Waals surface area contributed by atoms with E-state index in [0.717, 1.165) is 0 Å². The first kappa shape index (κ1) is 8.91. The molecular formula is C5H10BrNO2. The number of alkyl halides is 1. The molecule has 0 aliphatic carbocycles. The van der Waals surface area contributed by atoms with Gasteiger partial charge < -0.3 is 10.5 Å². The molecule has 54 valence electrons. The summed E-state index contributed by atoms with van der Waals surface area (Å²) in [7, 11) is 1.36. The van der Waals surface area contributed by atoms with E-state index in [0.29, 0.717) is 12.8 Å². The Morgan fingerprint density at radius 3 is 2.78 bits per heavy atom. The number of hydrogen-bond acceptors (Lipinski definition) is 3. The van der Waals surface area contributed by atoms with Crippen LogP contribution in [0.1, 0.15) is 12.8 Å². The first-order valence-corrected chi connectivity index (χ1v) is 3.55. The van der Waals surface area contributed by atoms with Gasteiger partial charge in [-0.2, -0.15) is 0 Å². The van der Waals surface area contributed by atoms with Crippen molar-refractivity contribution in [1.29, 1.82) is 0 Å². The minimum atomic E-state index is -0.218. The van der Waals surface area contributed by atoms with Crippen molar-refractivity contribution in [2.24, 2.45) is 5.73 Å². The minimum Gasteiger partial charge on any atom is -0.469 e. The van der Waals surface area contributed by atoms with Crippen LogP contribution in [0.15, 0.2) is 0 Å². The minimum absolute atomic E-state index is 0.100. The van der Waals surface area contributed by atoms with E-state index in [2.05, 4.69) is 20.7 Å². The number of nitrogens with two attached hydrogens (primary N) is 1. The van der Waals surface area contributed by atoms with E-state index >= 15 is 0 Å². The normalized spacial score (nSPS) is 12.8. The van der Waals surface area contributed by atoms with Gasteiger partial charge in [0.2, 0.25) is 0 Å². The Labute approximate surface area is 62.7 Å². The first-order valence-electron chi connectivity index (χ1n) is 2.63. The highest BCUT2D eigenvalue weighted by molar-refractivity contribution is 9.09. The van der Waals surface area contributed by atoms with Gasteiger partial charge >= 0.3 is 5.97 Å². The maximum absolute atomic E-state index is 10.4. The van der Waals surface area contributed by atoms with Crippen LogP contribution >= 0.6 is 15.9 Å². The lowest BCUT2D eigenvalue weighted by Crippen LogP contribution is -2.13. The van der Waals surface area contributed by atoms with Crippen molar-refractivity contribution in [1.82, 2.24) is 0 Å². The van der Waals surface area contributed by atoms with Gasteiger partial charge in [0, 0.05) is 6.42 Å². The van der Waals surface area contributed by atoms with Crippen LogP contribution in [-0.4, -0.2) is 18.0 Å². The zero-order chi connectivity index (χ0) is 7.28. The molecule has 0 rings (SSSR count). The molecule has 1 atom stereocenters. The maximum atomic E-state index is 10.4. The molecular weight excluding hydrogens is 186 g/mol. The van der Waals surface area contributed by atoms with Gasteiger partial charge in [-0.05, 0) is 6.42 Å². The van der Waals surface area contributed by atoms with E-state index < -0.39 is 0 Å². The van der Waals surface area contributed by atoms with Crippen molar-refractivity contribution in [2.45, 2.75) is 17.8 Å². The van der Waals surface area contributed by atoms with Crippen LogP contribution in [0.25, 0.3) is 0 Å². The summed E-state index contributed by atoms with van der Waals surface area (Å²) in [5.74, 6) is -0.218. The molecule has 3 nitrogen and oxygen atoms in total. The SMILES string of the molecule is COC(=O)CCC(N)Br. The molecule has 0 aliphatic rings. The molecule has 0 spiro atoms. The van der Waals surface area contributed by atoms with Gasteiger partial charge in [-0.1, -0.05) is 15.9 Å². The molecule has 0 bridgehead atoms. The quantitative estimate of drug-likeness (QED) is 0.409. The van der Waals surface area contributed by atoms with E-state index in [9.17, 15) is 4.79 Å². The second-order valence-corrected chi connectivity index (χ2v) is 2.81. The molecule has 9 heavy (non-hydrogen) atoms. The molecule has 0 aromatic rings. The predicted octanol–water partition coefficient (Wildman–Crippen LogP) is 0.619. The van der Waals surface area contributed by atoms with E-state index in [-0.39, 0.29) is 10.9 Å². The second-order valence-electron chi connectivity index (χ2n) is 1.63. The van der Waals surface area contributed by atoms with Gasteiger partial charge in [0.15, 0.2) is 0 Å². The van der Waals surface area contributed by atoms with Crippen molar-refractivity contribution >= 4 is 21.9 Å². The van der Waals surface area contributed by atoms with Crippen molar-refractivity contribution in [2.75, 3.05) is 7.11 Å². The molecule has 0 fully saturated rings. The summed E-state index contributed by atoms with van der Waals surface area (Å²) in [6, 6.07) is 0. The smallest absolute Gasteiger partial charge is 0.305 e. The van der Waals surface area contributed by atoms with Gasteiger partial charge in [-0.25, -0.2) is 0 Å². The Kier molecular flexibility index (Phi) is 4.71. The Morgan fingerprint density at radius 1 is 1.89 bits per heavy atom. The van der Waals surface area contributed by atoms with E-state index in [4.69, 9.17) is 5.73 Å². The van der Waals surface area contributed by atoms with Crippen LogP contribution in [0.4, 0.5) is 0 Å². The van der Waals surface area contributed by atoms with Gasteiger partial charge in [-0.15, -0.1) is 0 Å². The fourth-order valence-corrected chi connectivity index (χ4v) is 0.587. The summed E-state index contributed by atoms with van der Waals surface area (Å²) in [5, 5.41) is 0. The summed E-state index contributed by atoms with van der Waals surface area (Å²) in [5.41, 5.74) is 5.30. The van der Waals surface area contributed by atoms with Crippen molar-refractivity contribution in [3.05, 3.63) is 0 Å². The van der Waals surface area contributed by atoms with Crippen LogP contribution in [0.5, 0.6) is 0 Å². The van der Waals surface area contributed by atoms with Crippen LogP contribution in [0, 0.1) is 0 Å². The highest BCUT2D eigenvalue weighted by Gasteiger charge is 2.02. The lowest BCUT2D eigenvalue weighted by Gasteiger charge is -1.99. The van der Waals surface area contributed by atoms with Crippen molar-refractivity contribution < 1.29 is 9.53 Å². The van der Waals surface area contributed by atoms with Gasteiger partial charge in [0.05, 0.1) is 12.1 Å². The standard InChI is InChI=1S/C5H10BrNO2/c1-9-5(8)3-2-4(6)7/h4H,2-3,7H2,1H3. The van der Waals surface area contributed by atoms with Crippen molar-refractivity contribution in [3.63, 3.8) is 0 Å². The average molecular weight is 196 g/mol. The topological polar surface area (TPSA) is 52.3 Å². The van der Waals surface area contributed by atoms with E-state index in [1.54, 1.807) is 0 Å². The fraction of sp³-hybridized carbons (Fsp3) is 0.800. The summed E-state index contributed by atoms with van der Waals surface area (Å²) in [4.78, 5) is 10.3. The van der Waals surface area contributed by atoms with Crippen LogP contribution in [0.2, 0.25) is 0 Å². The molecule has 4 heteroatoms. The molecule has 0 radical (unpaired) electrons. The molecule has 0 amide bonds. The Hall–Kier alpha value is -0.0900. The highest BCUT2D eigenvalue weighted by atomic mass is 79.9. The fourth-order valence-electron chi connectivity index (χ4n) is 0.358. The number of hydrogen-bond donors (Lipinski definition) is 1. The Bertz CT molecular complexity index is 95.0. The number of rotatable bonds is 3. The number of carbonyl (C=O) groups excluding carboxylic acids is 1. The predicted molar refractivity (Wildman–Crippen MR) is 38.2 cm³/mol. The zero-order valence-electron chi connectivity index (χ0n) is 5.26. The van der Waals surface area contributed by atoms with Crippen LogP contribution in [-0.2, 0) is 9.53 Å². The summed E-state index contributed by atoms with van der Waals surface area (Å²) in [6.45, 7) is 0. The third-order valence-electron chi connectivity index (χ3n) is 0.852. The number of halogens is 1. The third kappa shape index (κ3) is 5.79. The zero-order valence-corrected chi connectivity index (χ0v) is 6.85. The lowest BCUT2D eigenvalue weighted by atomic mass is 10.3. The molecule has 0 saturated carbocycles. The molecule has 1 unspecified atom stereocenters. The largest absolute Gasteiger partial charge is 0.469 e. The first-order chi connectivity index (χ1) is 4.16. The lowest BCUT2D eigenvalue weighted by molar-refractivity contribution is -0.140. The Balaban J connectivity index is 3.17. The third-order valence-corrected chi connectivity index (χ3v) is 1.31. The molecule has 0 heterocycles. The molecule has 0 aromatic carbocycles. The number of carbonyl (C=O) groups is 1. The summed E-state index contributed by atoms with van der Waals surface area (Å²) < 4.78 is 4.39. The van der Waals surface area contributed by atoms with Crippen LogP contribution < -0.4 is 5.73 Å². The molecule has 0 saturated heterocycles. The second kappa shape index (κ2) is 4.76. The highest BCUT2D eigenvalue weighted by Crippen LogP contribution is 2.00. The Morgan fingerprint density at radius 2 is 2.44 bits per heavy atom. The summed E-state index contributed by atoms with van der Waals surface area (Å²) >= 11 is 3.10. The maximum Gasteiger partial charge on any atom is 0.305 e. The van der Waals surface area contributed by atoms with Crippen LogP contribution in [0.3, 0.4) is 0 Å². The average Bonchev–Trinajstić information content (AvgIpc) is 1.83. The molecule has 0 aliphatic heterocycles. The number of ether oxygens (including phenoxy) is 1. The van der Waals surface area contributed by atoms with Crippen molar-refractivity contribution in [3.8, 4) is 0 Å². The number of methoxy groups -OCH3 is 1. The molecule has 2 N–H and O–H groups in total. The van der Waals surface area contributed by atoms with E-state index in [1.807, 2.05) is 0 Å². The monoisotopic (exact) mass is 195 g/mol. The van der Waals surface area contributed by atoms with Gasteiger partial charge in [0.1, 0.15) is 0 Å². The van der Waals surface area contributed by atoms with Gasteiger partial charge in [-0.3, -0.25) is 4.79 Å². The summed E-state index contributed by atoms with van der Waals surface area (Å²) in [6.07, 6.45) is 0.996. The molecule has 0 aromatic heterocycles.